The van der Waals surface area contributed by atoms with Gasteiger partial charge >= 0.3 is 5.97 Å². The van der Waals surface area contributed by atoms with Crippen LogP contribution in [0.4, 0.5) is 0 Å². The minimum absolute atomic E-state index is 0.00321. The van der Waals surface area contributed by atoms with Crippen LogP contribution in [0.5, 0.6) is 5.75 Å². The second-order valence-electron chi connectivity index (χ2n) is 8.07. The second-order valence-corrected chi connectivity index (χ2v) is 8.07. The van der Waals surface area contributed by atoms with Crippen LogP contribution in [-0.4, -0.2) is 32.0 Å². The van der Waals surface area contributed by atoms with Gasteiger partial charge in [0.25, 0.3) is 0 Å². The number of benzene rings is 4. The smallest absolute Gasteiger partial charge is 0.326 e. The van der Waals surface area contributed by atoms with E-state index < -0.39 is 17.6 Å². The van der Waals surface area contributed by atoms with Crippen molar-refractivity contribution < 1.29 is 19.1 Å². The summed E-state index contributed by atoms with van der Waals surface area (Å²) in [6, 6.07) is 36.0. The predicted octanol–water partition coefficient (Wildman–Crippen LogP) is 5.00. The fraction of sp³-hybridized carbons (Fsp3) is 0.133. The summed E-state index contributed by atoms with van der Waals surface area (Å²) in [6.45, 7) is 0.00321. The number of esters is 1. The van der Waals surface area contributed by atoms with E-state index in [9.17, 15) is 9.59 Å². The molecule has 176 valence electrons. The van der Waals surface area contributed by atoms with Gasteiger partial charge in [0.05, 0.1) is 12.6 Å². The monoisotopic (exact) mass is 465 g/mol. The third-order valence-corrected chi connectivity index (χ3v) is 5.91. The molecule has 0 radical (unpaired) electrons. The number of methoxy groups -OCH3 is 1. The van der Waals surface area contributed by atoms with E-state index in [1.54, 1.807) is 24.3 Å². The fourth-order valence-electron chi connectivity index (χ4n) is 4.24. The zero-order valence-corrected chi connectivity index (χ0v) is 19.5. The van der Waals surface area contributed by atoms with E-state index in [0.717, 1.165) is 23.0 Å². The fourth-order valence-corrected chi connectivity index (χ4v) is 4.24. The van der Waals surface area contributed by atoms with Gasteiger partial charge in [0, 0.05) is 5.56 Å². The molecule has 4 aromatic rings. The highest BCUT2D eigenvalue weighted by atomic mass is 16.5. The Labute approximate surface area is 205 Å². The van der Waals surface area contributed by atoms with Crippen LogP contribution in [0.3, 0.4) is 0 Å². The lowest BCUT2D eigenvalue weighted by Crippen LogP contribution is -2.55. The number of rotatable bonds is 10. The van der Waals surface area contributed by atoms with Gasteiger partial charge in [0.1, 0.15) is 24.7 Å². The van der Waals surface area contributed by atoms with Gasteiger partial charge in [-0.2, -0.15) is 0 Å². The third-order valence-electron chi connectivity index (χ3n) is 5.91. The summed E-state index contributed by atoms with van der Waals surface area (Å²) in [5.74, 6) is 0.0405. The molecule has 0 aromatic heterocycles. The molecule has 0 heterocycles. The summed E-state index contributed by atoms with van der Waals surface area (Å²) >= 11 is 0. The van der Waals surface area contributed by atoms with E-state index in [4.69, 9.17) is 9.47 Å². The Balaban J connectivity index is 1.80. The Morgan fingerprint density at radius 1 is 0.800 bits per heavy atom. The van der Waals surface area contributed by atoms with Gasteiger partial charge in [0.2, 0.25) is 0 Å². The van der Waals surface area contributed by atoms with E-state index in [0.29, 0.717) is 11.3 Å². The molecule has 0 fully saturated rings. The maximum Gasteiger partial charge on any atom is 0.326 e. The largest absolute Gasteiger partial charge is 0.491 e. The van der Waals surface area contributed by atoms with Gasteiger partial charge in [-0.3, -0.25) is 14.9 Å². The SMILES string of the molecule is COC(=O)C(COc1cccc(C=O)c1)NC(c1ccccc1)(c1ccccc1)c1ccccc1. The van der Waals surface area contributed by atoms with Crippen molar-refractivity contribution in [2.45, 2.75) is 11.6 Å². The Kier molecular flexibility index (Phi) is 7.70. The first kappa shape index (κ1) is 23.9. The van der Waals surface area contributed by atoms with Crippen molar-refractivity contribution in [2.75, 3.05) is 13.7 Å². The van der Waals surface area contributed by atoms with Crippen molar-refractivity contribution in [3.05, 3.63) is 138 Å². The molecule has 0 bridgehead atoms. The molecule has 1 atom stereocenters. The van der Waals surface area contributed by atoms with Gasteiger partial charge in [-0.15, -0.1) is 0 Å². The maximum absolute atomic E-state index is 13.0. The van der Waals surface area contributed by atoms with E-state index in [1.807, 2.05) is 91.0 Å². The van der Waals surface area contributed by atoms with Gasteiger partial charge < -0.3 is 9.47 Å². The molecule has 5 nitrogen and oxygen atoms in total. The molecule has 4 aromatic carbocycles. The first-order valence-corrected chi connectivity index (χ1v) is 11.4. The van der Waals surface area contributed by atoms with E-state index in [1.165, 1.54) is 7.11 Å². The molecule has 1 unspecified atom stereocenters. The zero-order chi connectivity index (χ0) is 24.5. The van der Waals surface area contributed by atoms with E-state index in [-0.39, 0.29) is 6.61 Å². The Morgan fingerprint density at radius 2 is 1.31 bits per heavy atom. The highest BCUT2D eigenvalue weighted by Gasteiger charge is 2.40. The summed E-state index contributed by atoms with van der Waals surface area (Å²) in [5, 5.41) is 3.60. The van der Waals surface area contributed by atoms with Gasteiger partial charge in [-0.1, -0.05) is 103 Å². The van der Waals surface area contributed by atoms with Crippen molar-refractivity contribution in [1.29, 1.82) is 0 Å². The van der Waals surface area contributed by atoms with Crippen LogP contribution in [0.15, 0.2) is 115 Å². The highest BCUT2D eigenvalue weighted by molar-refractivity contribution is 5.77. The van der Waals surface area contributed by atoms with Crippen LogP contribution >= 0.6 is 0 Å². The van der Waals surface area contributed by atoms with E-state index in [2.05, 4.69) is 5.32 Å². The van der Waals surface area contributed by atoms with Crippen LogP contribution in [0.25, 0.3) is 0 Å². The first-order valence-electron chi connectivity index (χ1n) is 11.4. The van der Waals surface area contributed by atoms with E-state index >= 15 is 0 Å². The summed E-state index contributed by atoms with van der Waals surface area (Å²) in [5.41, 5.74) is 2.53. The van der Waals surface area contributed by atoms with Gasteiger partial charge in [-0.25, -0.2) is 0 Å². The molecular weight excluding hydrogens is 438 g/mol. The molecule has 0 spiro atoms. The van der Waals surface area contributed by atoms with Crippen LogP contribution in [-0.2, 0) is 15.1 Å². The zero-order valence-electron chi connectivity index (χ0n) is 19.5. The number of ether oxygens (including phenoxy) is 2. The molecule has 0 aliphatic heterocycles. The van der Waals surface area contributed by atoms with Crippen molar-refractivity contribution in [2.24, 2.45) is 0 Å². The second kappa shape index (κ2) is 11.3. The summed E-state index contributed by atoms with van der Waals surface area (Å²) < 4.78 is 11.1. The molecule has 0 aliphatic rings. The normalized spacial score (nSPS) is 11.9. The Morgan fingerprint density at radius 3 is 1.77 bits per heavy atom. The summed E-state index contributed by atoms with van der Waals surface area (Å²) in [7, 11) is 1.36. The number of nitrogens with one attached hydrogen (secondary N) is 1. The number of hydrogen-bond donors (Lipinski definition) is 1. The van der Waals surface area contributed by atoms with Crippen LogP contribution < -0.4 is 10.1 Å². The number of carbonyl (C=O) groups excluding carboxylic acids is 2. The number of aldehydes is 1. The molecule has 0 saturated carbocycles. The van der Waals surface area contributed by atoms with Crippen molar-refractivity contribution >= 4 is 12.3 Å². The number of carbonyl (C=O) groups is 2. The van der Waals surface area contributed by atoms with Crippen molar-refractivity contribution in [3.63, 3.8) is 0 Å². The van der Waals surface area contributed by atoms with Crippen LogP contribution in [0.2, 0.25) is 0 Å². The van der Waals surface area contributed by atoms with Crippen molar-refractivity contribution in [1.82, 2.24) is 5.32 Å². The lowest BCUT2D eigenvalue weighted by molar-refractivity contribution is -0.144. The molecule has 5 heteroatoms. The first-order chi connectivity index (χ1) is 17.2. The molecule has 0 saturated heterocycles. The maximum atomic E-state index is 13.0. The quantitative estimate of drug-likeness (QED) is 0.203. The standard InChI is InChI=1S/C30H27NO4/c1-34-29(33)28(22-35-27-19-11-12-23(20-27)21-32)31-30(24-13-5-2-6-14-24,25-15-7-3-8-16-25)26-17-9-4-10-18-26/h2-21,28,31H,22H2,1H3. The topological polar surface area (TPSA) is 64.6 Å². The van der Waals surface area contributed by atoms with Crippen molar-refractivity contribution in [3.8, 4) is 5.75 Å². The van der Waals surface area contributed by atoms with Gasteiger partial charge in [-0.05, 0) is 28.8 Å². The van der Waals surface area contributed by atoms with Crippen LogP contribution in [0.1, 0.15) is 27.0 Å². The predicted molar refractivity (Wildman–Crippen MR) is 135 cm³/mol. The minimum atomic E-state index is -0.864. The lowest BCUT2D eigenvalue weighted by Gasteiger charge is -2.39. The molecule has 35 heavy (non-hydrogen) atoms. The third kappa shape index (κ3) is 5.31. The Bertz CT molecular complexity index is 1150. The molecule has 0 aliphatic carbocycles. The highest BCUT2D eigenvalue weighted by Crippen LogP contribution is 2.37. The number of hydrogen-bond acceptors (Lipinski definition) is 5. The summed E-state index contributed by atoms with van der Waals surface area (Å²) in [4.78, 5) is 24.2. The molecule has 1 N–H and O–H groups in total. The lowest BCUT2D eigenvalue weighted by atomic mass is 9.76. The van der Waals surface area contributed by atoms with Gasteiger partial charge in [0.15, 0.2) is 0 Å². The molecule has 0 amide bonds. The Hall–Kier alpha value is -4.22. The molecule has 4 rings (SSSR count). The average molecular weight is 466 g/mol. The summed E-state index contributed by atoms with van der Waals surface area (Å²) in [6.07, 6.45) is 0.758. The minimum Gasteiger partial charge on any atom is -0.491 e. The van der Waals surface area contributed by atoms with Crippen LogP contribution in [0, 0.1) is 0 Å². The molecular formula is C30H27NO4. The average Bonchev–Trinajstić information content (AvgIpc) is 2.94.